The molecule has 1 aromatic carbocycles. The average molecular weight is 174 g/mol. The van der Waals surface area contributed by atoms with Gasteiger partial charge >= 0.3 is 0 Å². The Balaban J connectivity index is 1.92. The van der Waals surface area contributed by atoms with Crippen LogP contribution >= 0.6 is 0 Å². The van der Waals surface area contributed by atoms with E-state index in [0.29, 0.717) is 5.92 Å². The maximum atomic E-state index is 11.8. The summed E-state index contributed by atoms with van der Waals surface area (Å²) in [5.41, 5.74) is 0.801. The molecule has 0 bridgehead atoms. The zero-order valence-corrected chi connectivity index (χ0v) is 7.16. The first kappa shape index (κ1) is 7.13. The van der Waals surface area contributed by atoms with Crippen molar-refractivity contribution in [3.8, 4) is 5.75 Å². The van der Waals surface area contributed by atoms with Gasteiger partial charge < -0.3 is 5.11 Å². The van der Waals surface area contributed by atoms with Gasteiger partial charge in [-0.2, -0.15) is 0 Å². The van der Waals surface area contributed by atoms with Crippen LogP contribution in [0.3, 0.4) is 0 Å². The fourth-order valence-electron chi connectivity index (χ4n) is 1.97. The van der Waals surface area contributed by atoms with Crippen LogP contribution in [-0.4, -0.2) is 10.9 Å². The van der Waals surface area contributed by atoms with Crippen LogP contribution in [0, 0.1) is 11.3 Å². The summed E-state index contributed by atoms with van der Waals surface area (Å²) >= 11 is 0. The lowest BCUT2D eigenvalue weighted by atomic mass is 10.0. The number of aromatic hydroxyl groups is 1. The van der Waals surface area contributed by atoms with Crippen LogP contribution in [0.5, 0.6) is 5.75 Å². The molecule has 1 N–H and O–H groups in total. The van der Waals surface area contributed by atoms with Crippen LogP contribution in [0.1, 0.15) is 23.2 Å². The molecule has 3 rings (SSSR count). The lowest BCUT2D eigenvalue weighted by molar-refractivity contribution is 0.0937. The molecule has 2 fully saturated rings. The molecular formula is C11H10O2. The molecule has 0 spiro atoms. The standard InChI is InChI=1S/C11H10O2/c12-9-3-1-7(2-4-9)10(13)11-5-8(11)6-11/h1-4,8,12H,5-6H2. The molecule has 0 aliphatic heterocycles. The number of phenols is 1. The lowest BCUT2D eigenvalue weighted by Gasteiger charge is -2.02. The SMILES string of the molecule is O=C(c1ccc(O)cc1)C12CC1C2. The summed E-state index contributed by atoms with van der Waals surface area (Å²) in [7, 11) is 0. The summed E-state index contributed by atoms with van der Waals surface area (Å²) in [6.07, 6.45) is 2.18. The van der Waals surface area contributed by atoms with Gasteiger partial charge in [-0.3, -0.25) is 4.79 Å². The summed E-state index contributed by atoms with van der Waals surface area (Å²) in [6.45, 7) is 0. The van der Waals surface area contributed by atoms with Crippen molar-refractivity contribution in [2.45, 2.75) is 12.8 Å². The number of ketones is 1. The molecule has 0 heterocycles. The van der Waals surface area contributed by atoms with Crippen LogP contribution in [-0.2, 0) is 0 Å². The van der Waals surface area contributed by atoms with Crippen LogP contribution in [0.2, 0.25) is 0 Å². The van der Waals surface area contributed by atoms with Gasteiger partial charge in [-0.05, 0) is 43.0 Å². The molecule has 2 aliphatic rings. The van der Waals surface area contributed by atoms with E-state index in [1.54, 1.807) is 24.3 Å². The van der Waals surface area contributed by atoms with Crippen molar-refractivity contribution in [3.05, 3.63) is 29.8 Å². The maximum absolute atomic E-state index is 11.8. The van der Waals surface area contributed by atoms with E-state index in [2.05, 4.69) is 0 Å². The third-order valence-corrected chi connectivity index (χ3v) is 3.26. The third kappa shape index (κ3) is 0.857. The first-order valence-electron chi connectivity index (χ1n) is 4.56. The molecule has 2 aliphatic carbocycles. The van der Waals surface area contributed by atoms with Crippen molar-refractivity contribution in [1.29, 1.82) is 0 Å². The minimum absolute atomic E-state index is 0.0526. The number of benzene rings is 1. The van der Waals surface area contributed by atoms with Crippen LogP contribution < -0.4 is 0 Å². The Kier molecular flexibility index (Phi) is 1.07. The smallest absolute Gasteiger partial charge is 0.169 e. The summed E-state index contributed by atoms with van der Waals surface area (Å²) in [4.78, 5) is 11.8. The predicted octanol–water partition coefficient (Wildman–Crippen LogP) is 1.98. The van der Waals surface area contributed by atoms with E-state index in [0.717, 1.165) is 18.4 Å². The summed E-state index contributed by atoms with van der Waals surface area (Å²) < 4.78 is 0. The van der Waals surface area contributed by atoms with E-state index in [1.807, 2.05) is 0 Å². The molecule has 2 saturated carbocycles. The zero-order valence-electron chi connectivity index (χ0n) is 7.16. The molecule has 66 valence electrons. The topological polar surface area (TPSA) is 37.3 Å². The number of carbonyl (C=O) groups excluding carboxylic acids is 1. The van der Waals surface area contributed by atoms with Gasteiger partial charge in [0, 0.05) is 11.0 Å². The minimum atomic E-state index is 0.0526. The highest BCUT2D eigenvalue weighted by molar-refractivity contribution is 6.05. The molecule has 0 radical (unpaired) electrons. The van der Waals surface area contributed by atoms with Crippen LogP contribution in [0.15, 0.2) is 24.3 Å². The van der Waals surface area contributed by atoms with E-state index in [-0.39, 0.29) is 16.9 Å². The highest BCUT2D eigenvalue weighted by Gasteiger charge is 2.73. The molecule has 2 nitrogen and oxygen atoms in total. The fourth-order valence-corrected chi connectivity index (χ4v) is 1.97. The molecule has 0 saturated heterocycles. The Labute approximate surface area is 76.2 Å². The second-order valence-corrected chi connectivity index (χ2v) is 4.14. The Hall–Kier alpha value is -1.31. The number of Topliss-reactive ketones (excluding diaryl/α,β-unsaturated/α-hetero) is 1. The van der Waals surface area contributed by atoms with Crippen molar-refractivity contribution in [1.82, 2.24) is 0 Å². The van der Waals surface area contributed by atoms with Gasteiger partial charge in [-0.1, -0.05) is 0 Å². The summed E-state index contributed by atoms with van der Waals surface area (Å²) in [6, 6.07) is 6.56. The Morgan fingerprint density at radius 1 is 1.31 bits per heavy atom. The number of hydrogen-bond donors (Lipinski definition) is 1. The quantitative estimate of drug-likeness (QED) is 0.696. The van der Waals surface area contributed by atoms with Crippen molar-refractivity contribution in [2.24, 2.45) is 11.3 Å². The fraction of sp³-hybridized carbons (Fsp3) is 0.364. The first-order chi connectivity index (χ1) is 6.22. The van der Waals surface area contributed by atoms with Crippen LogP contribution in [0.4, 0.5) is 0 Å². The van der Waals surface area contributed by atoms with Crippen LogP contribution in [0.25, 0.3) is 0 Å². The van der Waals surface area contributed by atoms with Gasteiger partial charge in [0.1, 0.15) is 5.75 Å². The average Bonchev–Trinajstić information content (AvgIpc) is 2.91. The van der Waals surface area contributed by atoms with Gasteiger partial charge in [0.2, 0.25) is 0 Å². The highest BCUT2D eigenvalue weighted by atomic mass is 16.3. The Morgan fingerprint density at radius 3 is 2.31 bits per heavy atom. The molecule has 0 amide bonds. The molecule has 2 heteroatoms. The first-order valence-corrected chi connectivity index (χ1v) is 4.56. The van der Waals surface area contributed by atoms with Crippen molar-refractivity contribution >= 4 is 5.78 Å². The second kappa shape index (κ2) is 1.95. The Bertz CT molecular complexity index is 372. The van der Waals surface area contributed by atoms with Crippen molar-refractivity contribution in [3.63, 3.8) is 0 Å². The normalized spacial score (nSPS) is 33.7. The Morgan fingerprint density at radius 2 is 1.85 bits per heavy atom. The van der Waals surface area contributed by atoms with E-state index in [9.17, 15) is 4.79 Å². The monoisotopic (exact) mass is 174 g/mol. The van der Waals surface area contributed by atoms with Gasteiger partial charge in [0.05, 0.1) is 0 Å². The summed E-state index contributed by atoms with van der Waals surface area (Å²) in [5.74, 6) is 1.18. The van der Waals surface area contributed by atoms with E-state index in [4.69, 9.17) is 5.11 Å². The van der Waals surface area contributed by atoms with E-state index >= 15 is 0 Å². The number of carbonyl (C=O) groups is 1. The molecule has 0 unspecified atom stereocenters. The molecule has 1 aromatic rings. The van der Waals surface area contributed by atoms with Crippen molar-refractivity contribution in [2.75, 3.05) is 0 Å². The highest BCUT2D eigenvalue weighted by Crippen LogP contribution is 2.76. The third-order valence-electron chi connectivity index (χ3n) is 3.26. The zero-order chi connectivity index (χ0) is 9.05. The van der Waals surface area contributed by atoms with Gasteiger partial charge in [0.15, 0.2) is 5.78 Å². The minimum Gasteiger partial charge on any atom is -0.508 e. The van der Waals surface area contributed by atoms with Crippen molar-refractivity contribution < 1.29 is 9.90 Å². The van der Waals surface area contributed by atoms with Gasteiger partial charge in [0.25, 0.3) is 0 Å². The van der Waals surface area contributed by atoms with E-state index < -0.39 is 0 Å². The second-order valence-electron chi connectivity index (χ2n) is 4.14. The lowest BCUT2D eigenvalue weighted by Crippen LogP contribution is -2.06. The van der Waals surface area contributed by atoms with Gasteiger partial charge in [-0.15, -0.1) is 0 Å². The number of hydrogen-bond acceptors (Lipinski definition) is 2. The predicted molar refractivity (Wildman–Crippen MR) is 47.6 cm³/mol. The van der Waals surface area contributed by atoms with Gasteiger partial charge in [-0.25, -0.2) is 0 Å². The number of phenolic OH excluding ortho intramolecular Hbond substituents is 1. The number of rotatable bonds is 2. The maximum Gasteiger partial charge on any atom is 0.169 e. The number of fused-ring (bicyclic) bond motifs is 1. The molecule has 13 heavy (non-hydrogen) atoms. The molecular weight excluding hydrogens is 164 g/mol. The summed E-state index contributed by atoms with van der Waals surface area (Å²) in [5, 5.41) is 9.06. The molecule has 0 aromatic heterocycles. The molecule has 0 atom stereocenters. The largest absolute Gasteiger partial charge is 0.508 e. The van der Waals surface area contributed by atoms with E-state index in [1.165, 1.54) is 0 Å².